The van der Waals surface area contributed by atoms with E-state index in [9.17, 15) is 13.2 Å². The van der Waals surface area contributed by atoms with Crippen molar-refractivity contribution in [3.8, 4) is 0 Å². The van der Waals surface area contributed by atoms with Gasteiger partial charge >= 0.3 is 5.69 Å². The van der Waals surface area contributed by atoms with Crippen LogP contribution in [-0.4, -0.2) is 49.9 Å². The van der Waals surface area contributed by atoms with E-state index in [-0.39, 0.29) is 17.1 Å². The Morgan fingerprint density at radius 1 is 1.24 bits per heavy atom. The average Bonchev–Trinajstić information content (AvgIpc) is 3.07. The molecule has 3 heterocycles. The Hall–Kier alpha value is -1.94. The zero-order valence-corrected chi connectivity index (χ0v) is 15.6. The van der Waals surface area contributed by atoms with Gasteiger partial charge in [0.05, 0.1) is 6.20 Å². The molecule has 1 aliphatic rings. The van der Waals surface area contributed by atoms with Gasteiger partial charge in [-0.15, -0.1) is 0 Å². The SMILES string of the molecule is CCn1cc(S(=O)(=O)N2CCc3nn(CC(C)C)c(=O)n3CC2)cn1. The Kier molecular flexibility index (Phi) is 4.83. The number of rotatable bonds is 5. The summed E-state index contributed by atoms with van der Waals surface area (Å²) in [5.41, 5.74) is -0.165. The molecule has 0 aliphatic carbocycles. The van der Waals surface area contributed by atoms with Crippen molar-refractivity contribution in [3.05, 3.63) is 28.7 Å². The molecule has 0 amide bonds. The van der Waals surface area contributed by atoms with Crippen molar-refractivity contribution >= 4 is 10.0 Å². The molecule has 2 aromatic heterocycles. The first kappa shape index (κ1) is 17.9. The highest BCUT2D eigenvalue weighted by molar-refractivity contribution is 7.89. The van der Waals surface area contributed by atoms with Crippen LogP contribution in [0.5, 0.6) is 0 Å². The molecular weight excluding hydrogens is 344 g/mol. The lowest BCUT2D eigenvalue weighted by Crippen LogP contribution is -2.35. The lowest BCUT2D eigenvalue weighted by atomic mass is 10.2. The van der Waals surface area contributed by atoms with Gasteiger partial charge in [-0.2, -0.15) is 14.5 Å². The Morgan fingerprint density at radius 3 is 2.64 bits per heavy atom. The number of aromatic nitrogens is 5. The van der Waals surface area contributed by atoms with Crippen molar-refractivity contribution in [2.45, 2.75) is 51.7 Å². The molecule has 0 bridgehead atoms. The third kappa shape index (κ3) is 3.40. The fourth-order valence-electron chi connectivity index (χ4n) is 2.95. The summed E-state index contributed by atoms with van der Waals surface area (Å²) in [7, 11) is -3.61. The summed E-state index contributed by atoms with van der Waals surface area (Å²) in [5, 5.41) is 8.43. The Morgan fingerprint density at radius 2 is 2.00 bits per heavy atom. The summed E-state index contributed by atoms with van der Waals surface area (Å²) in [4.78, 5) is 12.6. The van der Waals surface area contributed by atoms with Crippen molar-refractivity contribution < 1.29 is 8.42 Å². The van der Waals surface area contributed by atoms with Gasteiger partial charge in [0.25, 0.3) is 0 Å². The van der Waals surface area contributed by atoms with Crippen LogP contribution in [0, 0.1) is 5.92 Å². The summed E-state index contributed by atoms with van der Waals surface area (Å²) >= 11 is 0. The van der Waals surface area contributed by atoms with Crippen LogP contribution in [0.1, 0.15) is 26.6 Å². The summed E-state index contributed by atoms with van der Waals surface area (Å²) in [6.45, 7) is 8.00. The zero-order chi connectivity index (χ0) is 18.2. The van der Waals surface area contributed by atoms with Crippen molar-refractivity contribution in [3.63, 3.8) is 0 Å². The maximum Gasteiger partial charge on any atom is 0.345 e. The van der Waals surface area contributed by atoms with Gasteiger partial charge in [-0.1, -0.05) is 13.8 Å². The normalized spacial score (nSPS) is 16.2. The van der Waals surface area contributed by atoms with Crippen LogP contribution < -0.4 is 5.69 Å². The molecule has 0 unspecified atom stereocenters. The fraction of sp³-hybridized carbons (Fsp3) is 0.667. The molecule has 0 fully saturated rings. The maximum absolute atomic E-state index is 12.8. The summed E-state index contributed by atoms with van der Waals surface area (Å²) in [6, 6.07) is 0. The molecule has 1 aliphatic heterocycles. The topological polar surface area (TPSA) is 95.0 Å². The van der Waals surface area contributed by atoms with E-state index in [2.05, 4.69) is 10.2 Å². The van der Waals surface area contributed by atoms with Crippen LogP contribution in [0.2, 0.25) is 0 Å². The summed E-state index contributed by atoms with van der Waals surface area (Å²) in [5.74, 6) is 0.969. The second-order valence-electron chi connectivity index (χ2n) is 6.61. The number of aryl methyl sites for hydroxylation is 1. The Bertz CT molecular complexity index is 908. The van der Waals surface area contributed by atoms with Crippen LogP contribution in [0.3, 0.4) is 0 Å². The van der Waals surface area contributed by atoms with E-state index < -0.39 is 10.0 Å². The molecule has 0 radical (unpaired) electrons. The van der Waals surface area contributed by atoms with Crippen LogP contribution in [0.25, 0.3) is 0 Å². The van der Waals surface area contributed by atoms with Gasteiger partial charge in [-0.25, -0.2) is 17.9 Å². The van der Waals surface area contributed by atoms with Crippen LogP contribution >= 0.6 is 0 Å². The van der Waals surface area contributed by atoms with Crippen LogP contribution in [0.15, 0.2) is 22.1 Å². The Labute approximate surface area is 146 Å². The molecule has 0 aromatic carbocycles. The van der Waals surface area contributed by atoms with E-state index >= 15 is 0 Å². The first-order valence-corrected chi connectivity index (χ1v) is 9.96. The molecule has 138 valence electrons. The van der Waals surface area contributed by atoms with E-state index in [0.717, 1.165) is 0 Å². The van der Waals surface area contributed by atoms with Gasteiger partial charge in [0, 0.05) is 45.3 Å². The first-order valence-electron chi connectivity index (χ1n) is 8.52. The molecule has 0 atom stereocenters. The minimum absolute atomic E-state index is 0.165. The number of nitrogens with zero attached hydrogens (tertiary/aromatic N) is 6. The highest BCUT2D eigenvalue weighted by Gasteiger charge is 2.29. The highest BCUT2D eigenvalue weighted by Crippen LogP contribution is 2.17. The molecular formula is C15H24N6O3S. The van der Waals surface area contributed by atoms with Gasteiger partial charge < -0.3 is 0 Å². The number of hydrogen-bond acceptors (Lipinski definition) is 5. The van der Waals surface area contributed by atoms with Gasteiger partial charge in [0.15, 0.2) is 0 Å². The molecule has 0 saturated heterocycles. The molecule has 25 heavy (non-hydrogen) atoms. The van der Waals surface area contributed by atoms with Gasteiger partial charge in [-0.05, 0) is 12.8 Å². The van der Waals surface area contributed by atoms with Crippen molar-refractivity contribution in [2.75, 3.05) is 13.1 Å². The van der Waals surface area contributed by atoms with Gasteiger partial charge in [0.1, 0.15) is 10.7 Å². The van der Waals surface area contributed by atoms with Crippen LogP contribution in [0.4, 0.5) is 0 Å². The van der Waals surface area contributed by atoms with Crippen molar-refractivity contribution in [2.24, 2.45) is 5.92 Å². The van der Waals surface area contributed by atoms with E-state index in [0.29, 0.717) is 44.3 Å². The second kappa shape index (κ2) is 6.75. The minimum atomic E-state index is -3.61. The number of fused-ring (bicyclic) bond motifs is 1. The smallest absolute Gasteiger partial charge is 0.278 e. The lowest BCUT2D eigenvalue weighted by Gasteiger charge is -2.18. The third-order valence-corrected chi connectivity index (χ3v) is 6.12. The monoisotopic (exact) mass is 368 g/mol. The number of sulfonamides is 1. The predicted molar refractivity (Wildman–Crippen MR) is 91.7 cm³/mol. The second-order valence-corrected chi connectivity index (χ2v) is 8.55. The lowest BCUT2D eigenvalue weighted by molar-refractivity contribution is 0.405. The molecule has 0 spiro atoms. The predicted octanol–water partition coefficient (Wildman–Crippen LogP) is 0.164. The van der Waals surface area contributed by atoms with Crippen molar-refractivity contribution in [1.82, 2.24) is 28.4 Å². The quantitative estimate of drug-likeness (QED) is 0.749. The van der Waals surface area contributed by atoms with E-state index in [4.69, 9.17) is 0 Å². The standard InChI is InChI=1S/C15H24N6O3S/c1-4-18-11-13(9-16-18)25(23,24)19-6-5-14-17-21(10-12(2)3)15(22)20(14)8-7-19/h9,11-12H,4-8,10H2,1-3H3. The molecule has 3 rings (SSSR count). The van der Waals surface area contributed by atoms with Crippen molar-refractivity contribution in [1.29, 1.82) is 0 Å². The largest absolute Gasteiger partial charge is 0.345 e. The molecule has 0 saturated carbocycles. The minimum Gasteiger partial charge on any atom is -0.278 e. The van der Waals surface area contributed by atoms with E-state index in [1.165, 1.54) is 21.4 Å². The molecule has 9 nitrogen and oxygen atoms in total. The van der Waals surface area contributed by atoms with Gasteiger partial charge in [-0.3, -0.25) is 9.25 Å². The summed E-state index contributed by atoms with van der Waals surface area (Å²) < 4.78 is 31.7. The average molecular weight is 368 g/mol. The third-order valence-electron chi connectivity index (χ3n) is 4.27. The van der Waals surface area contributed by atoms with E-state index in [1.807, 2.05) is 20.8 Å². The highest BCUT2D eigenvalue weighted by atomic mass is 32.2. The fourth-order valence-corrected chi connectivity index (χ4v) is 4.34. The molecule has 2 aromatic rings. The zero-order valence-electron chi connectivity index (χ0n) is 14.8. The molecule has 10 heteroatoms. The maximum atomic E-state index is 12.8. The van der Waals surface area contributed by atoms with Gasteiger partial charge in [0.2, 0.25) is 10.0 Å². The van der Waals surface area contributed by atoms with Crippen LogP contribution in [-0.2, 0) is 36.1 Å². The number of hydrogen-bond donors (Lipinski definition) is 0. The molecule has 0 N–H and O–H groups in total. The first-order chi connectivity index (χ1) is 11.8. The summed E-state index contributed by atoms with van der Waals surface area (Å²) in [6.07, 6.45) is 3.33. The Balaban J connectivity index is 1.81. The van der Waals surface area contributed by atoms with E-state index in [1.54, 1.807) is 9.25 Å².